The van der Waals surface area contributed by atoms with E-state index in [1.54, 1.807) is 25.1 Å². The number of carbonyl (C=O) groups is 2. The molecule has 0 aliphatic carbocycles. The number of rotatable bonds is 6. The Kier molecular flexibility index (Phi) is 5.30. The van der Waals surface area contributed by atoms with E-state index in [9.17, 15) is 14.0 Å². The molecular formula is C17H17FN2O3. The fraction of sp³-hybridized carbons (Fsp3) is 0.176. The summed E-state index contributed by atoms with van der Waals surface area (Å²) in [7, 11) is 0. The molecule has 0 fully saturated rings. The number of ether oxygens (including phenoxy) is 1. The van der Waals surface area contributed by atoms with Gasteiger partial charge in [0.05, 0.1) is 5.56 Å². The molecule has 6 heteroatoms. The van der Waals surface area contributed by atoms with Crippen LogP contribution in [0.15, 0.2) is 48.5 Å². The summed E-state index contributed by atoms with van der Waals surface area (Å²) in [5, 5.41) is 0. The van der Waals surface area contributed by atoms with Crippen molar-refractivity contribution in [3.63, 3.8) is 0 Å². The molecule has 0 heterocycles. The normalized spacial score (nSPS) is 10.2. The highest BCUT2D eigenvalue weighted by Gasteiger charge is 2.16. The van der Waals surface area contributed by atoms with E-state index in [1.165, 1.54) is 35.2 Å². The molecule has 0 saturated carbocycles. The second kappa shape index (κ2) is 7.40. The van der Waals surface area contributed by atoms with Crippen molar-refractivity contribution in [1.29, 1.82) is 0 Å². The van der Waals surface area contributed by atoms with Crippen LogP contribution in [0.3, 0.4) is 0 Å². The second-order valence-electron chi connectivity index (χ2n) is 4.76. The van der Waals surface area contributed by atoms with Crippen molar-refractivity contribution in [3.8, 4) is 5.75 Å². The Labute approximate surface area is 133 Å². The van der Waals surface area contributed by atoms with Crippen molar-refractivity contribution in [2.24, 2.45) is 5.73 Å². The number of para-hydroxylation sites is 1. The number of nitrogens with zero attached hydrogens (tertiary/aromatic N) is 1. The first-order valence-corrected chi connectivity index (χ1v) is 7.10. The Morgan fingerprint density at radius 2 is 1.78 bits per heavy atom. The van der Waals surface area contributed by atoms with Gasteiger partial charge in [0, 0.05) is 12.2 Å². The van der Waals surface area contributed by atoms with Crippen LogP contribution in [0.1, 0.15) is 17.3 Å². The molecule has 0 atom stereocenters. The van der Waals surface area contributed by atoms with Gasteiger partial charge in [-0.15, -0.1) is 0 Å². The first-order valence-electron chi connectivity index (χ1n) is 7.10. The molecule has 120 valence electrons. The van der Waals surface area contributed by atoms with E-state index in [4.69, 9.17) is 10.5 Å². The summed E-state index contributed by atoms with van der Waals surface area (Å²) < 4.78 is 18.4. The Morgan fingerprint density at radius 3 is 2.39 bits per heavy atom. The summed E-state index contributed by atoms with van der Waals surface area (Å²) in [6.45, 7) is 1.96. The maximum absolute atomic E-state index is 13.0. The van der Waals surface area contributed by atoms with Gasteiger partial charge in [0.1, 0.15) is 11.6 Å². The van der Waals surface area contributed by atoms with E-state index < -0.39 is 5.91 Å². The SMILES string of the molecule is CCN(C(=O)COc1ccccc1C(N)=O)c1ccc(F)cc1. The summed E-state index contributed by atoms with van der Waals surface area (Å²) in [5.74, 6) is -1.05. The van der Waals surface area contributed by atoms with E-state index in [2.05, 4.69) is 0 Å². The maximum Gasteiger partial charge on any atom is 0.264 e. The molecular weight excluding hydrogens is 299 g/mol. The van der Waals surface area contributed by atoms with Gasteiger partial charge in [0.15, 0.2) is 6.61 Å². The van der Waals surface area contributed by atoms with E-state index in [-0.39, 0.29) is 29.6 Å². The molecule has 5 nitrogen and oxygen atoms in total. The zero-order valence-corrected chi connectivity index (χ0v) is 12.7. The van der Waals surface area contributed by atoms with Gasteiger partial charge in [-0.2, -0.15) is 0 Å². The minimum atomic E-state index is -0.626. The number of nitrogens with two attached hydrogens (primary N) is 1. The standard InChI is InChI=1S/C17H17FN2O3/c1-2-20(13-9-7-12(18)8-10-13)16(21)11-23-15-6-4-3-5-14(15)17(19)22/h3-10H,2,11H2,1H3,(H2,19,22). The Balaban J connectivity index is 2.09. The fourth-order valence-corrected chi connectivity index (χ4v) is 2.14. The van der Waals surface area contributed by atoms with Gasteiger partial charge >= 0.3 is 0 Å². The average Bonchev–Trinajstić information content (AvgIpc) is 2.55. The molecule has 0 bridgehead atoms. The van der Waals surface area contributed by atoms with Crippen LogP contribution in [0.4, 0.5) is 10.1 Å². The monoisotopic (exact) mass is 316 g/mol. The van der Waals surface area contributed by atoms with Gasteiger partial charge in [-0.3, -0.25) is 9.59 Å². The smallest absolute Gasteiger partial charge is 0.264 e. The molecule has 0 aliphatic heterocycles. The molecule has 2 aromatic carbocycles. The largest absolute Gasteiger partial charge is 0.483 e. The lowest BCUT2D eigenvalue weighted by Crippen LogP contribution is -2.35. The first-order chi connectivity index (χ1) is 11.0. The van der Waals surface area contributed by atoms with Crippen molar-refractivity contribution in [3.05, 3.63) is 59.9 Å². The number of anilines is 1. The van der Waals surface area contributed by atoms with E-state index in [0.717, 1.165) is 0 Å². The molecule has 0 saturated heterocycles. The topological polar surface area (TPSA) is 72.6 Å². The molecule has 0 unspecified atom stereocenters. The molecule has 2 aromatic rings. The highest BCUT2D eigenvalue weighted by Crippen LogP contribution is 2.19. The van der Waals surface area contributed by atoms with Crippen LogP contribution >= 0.6 is 0 Å². The van der Waals surface area contributed by atoms with Crippen LogP contribution in [0.25, 0.3) is 0 Å². The molecule has 2 amide bonds. The molecule has 23 heavy (non-hydrogen) atoms. The Morgan fingerprint density at radius 1 is 1.13 bits per heavy atom. The van der Waals surface area contributed by atoms with E-state index in [0.29, 0.717) is 12.2 Å². The van der Waals surface area contributed by atoms with Crippen LogP contribution in [0, 0.1) is 5.82 Å². The van der Waals surface area contributed by atoms with Crippen molar-refractivity contribution in [2.45, 2.75) is 6.92 Å². The minimum Gasteiger partial charge on any atom is -0.483 e. The first kappa shape index (κ1) is 16.5. The molecule has 0 radical (unpaired) electrons. The summed E-state index contributed by atoms with van der Waals surface area (Å²) in [5.41, 5.74) is 6.05. The Hall–Kier alpha value is -2.89. The summed E-state index contributed by atoms with van der Waals surface area (Å²) in [6, 6.07) is 12.1. The predicted octanol–water partition coefficient (Wildman–Crippen LogP) is 2.36. The lowest BCUT2D eigenvalue weighted by Gasteiger charge is -2.21. The van der Waals surface area contributed by atoms with Crippen molar-refractivity contribution >= 4 is 17.5 Å². The number of hydrogen-bond donors (Lipinski definition) is 1. The summed E-state index contributed by atoms with van der Waals surface area (Å²) in [4.78, 5) is 25.1. The second-order valence-corrected chi connectivity index (χ2v) is 4.76. The van der Waals surface area contributed by atoms with Crippen LogP contribution < -0.4 is 15.4 Å². The Bertz CT molecular complexity index is 701. The summed E-state index contributed by atoms with van der Waals surface area (Å²) in [6.07, 6.45) is 0. The van der Waals surface area contributed by atoms with E-state index >= 15 is 0 Å². The average molecular weight is 316 g/mol. The maximum atomic E-state index is 13.0. The quantitative estimate of drug-likeness (QED) is 0.889. The van der Waals surface area contributed by atoms with Gasteiger partial charge in [-0.25, -0.2) is 4.39 Å². The fourth-order valence-electron chi connectivity index (χ4n) is 2.14. The van der Waals surface area contributed by atoms with Crippen LogP contribution in [0.2, 0.25) is 0 Å². The number of halogens is 1. The highest BCUT2D eigenvalue weighted by molar-refractivity contribution is 5.96. The lowest BCUT2D eigenvalue weighted by atomic mass is 10.2. The number of hydrogen-bond acceptors (Lipinski definition) is 3. The van der Waals surface area contributed by atoms with Gasteiger partial charge in [0.2, 0.25) is 0 Å². The number of primary amides is 1. The van der Waals surface area contributed by atoms with Gasteiger partial charge in [0.25, 0.3) is 11.8 Å². The van der Waals surface area contributed by atoms with Crippen molar-refractivity contribution in [1.82, 2.24) is 0 Å². The van der Waals surface area contributed by atoms with Gasteiger partial charge < -0.3 is 15.4 Å². The van der Waals surface area contributed by atoms with Crippen molar-refractivity contribution in [2.75, 3.05) is 18.1 Å². The number of amides is 2. The number of carbonyl (C=O) groups excluding carboxylic acids is 2. The van der Waals surface area contributed by atoms with Crippen LogP contribution in [0.5, 0.6) is 5.75 Å². The number of likely N-dealkylation sites (N-methyl/N-ethyl adjacent to an activating group) is 1. The molecule has 0 spiro atoms. The van der Waals surface area contributed by atoms with Gasteiger partial charge in [-0.05, 0) is 43.3 Å². The lowest BCUT2D eigenvalue weighted by molar-refractivity contribution is -0.120. The van der Waals surface area contributed by atoms with Crippen LogP contribution in [-0.4, -0.2) is 25.0 Å². The van der Waals surface area contributed by atoms with Crippen molar-refractivity contribution < 1.29 is 18.7 Å². The molecule has 0 aromatic heterocycles. The predicted molar refractivity (Wildman–Crippen MR) is 84.9 cm³/mol. The molecule has 2 rings (SSSR count). The third-order valence-electron chi connectivity index (χ3n) is 3.26. The third-order valence-corrected chi connectivity index (χ3v) is 3.26. The zero-order chi connectivity index (χ0) is 16.8. The summed E-state index contributed by atoms with van der Waals surface area (Å²) >= 11 is 0. The zero-order valence-electron chi connectivity index (χ0n) is 12.7. The molecule has 0 aliphatic rings. The van der Waals surface area contributed by atoms with Crippen LogP contribution in [-0.2, 0) is 4.79 Å². The number of benzene rings is 2. The highest BCUT2D eigenvalue weighted by atomic mass is 19.1. The van der Waals surface area contributed by atoms with E-state index in [1.807, 2.05) is 0 Å². The minimum absolute atomic E-state index is 0.213. The van der Waals surface area contributed by atoms with Gasteiger partial charge in [-0.1, -0.05) is 12.1 Å². The third kappa shape index (κ3) is 4.06. The molecule has 2 N–H and O–H groups in total.